The molecule has 3 aromatic rings. The Morgan fingerprint density at radius 1 is 1.10 bits per heavy atom. The van der Waals surface area contributed by atoms with Crippen LogP contribution in [0.1, 0.15) is 18.4 Å². The third kappa shape index (κ3) is 2.96. The summed E-state index contributed by atoms with van der Waals surface area (Å²) in [7, 11) is 0. The van der Waals surface area contributed by atoms with Crippen LogP contribution in [0.15, 0.2) is 63.1 Å². The predicted molar refractivity (Wildman–Crippen MR) is 84.4 cm³/mol. The number of hydrogen-bond donors (Lipinski definition) is 1. The van der Waals surface area contributed by atoms with Crippen molar-refractivity contribution in [2.24, 2.45) is 0 Å². The molecular weight excluding hydrogens is 280 g/mol. The first kappa shape index (κ1) is 12.9. The van der Waals surface area contributed by atoms with Gasteiger partial charge in [-0.15, -0.1) is 0 Å². The van der Waals surface area contributed by atoms with E-state index in [0.29, 0.717) is 11.3 Å². The summed E-state index contributed by atoms with van der Waals surface area (Å²) in [6, 6.07) is 17.0. The van der Waals surface area contributed by atoms with Crippen molar-refractivity contribution in [2.45, 2.75) is 35.5 Å². The van der Waals surface area contributed by atoms with E-state index >= 15 is 0 Å². The van der Waals surface area contributed by atoms with Gasteiger partial charge in [-0.2, -0.15) is 0 Å². The summed E-state index contributed by atoms with van der Waals surface area (Å²) in [5, 5.41) is 4.27. The van der Waals surface area contributed by atoms with Crippen molar-refractivity contribution >= 4 is 22.9 Å². The molecule has 0 unspecified atom stereocenters. The van der Waals surface area contributed by atoms with Gasteiger partial charge in [-0.05, 0) is 48.4 Å². The molecule has 1 saturated carbocycles. The smallest absolute Gasteiger partial charge is 0.261 e. The summed E-state index contributed by atoms with van der Waals surface area (Å²) < 4.78 is 5.80. The molecule has 0 bridgehead atoms. The van der Waals surface area contributed by atoms with E-state index in [9.17, 15) is 0 Å². The Labute approximate surface area is 127 Å². The SMILES string of the molecule is c1ccc(Sc2nc3ccccc3o2)c(CNC2CC2)c1. The van der Waals surface area contributed by atoms with Crippen molar-refractivity contribution in [3.63, 3.8) is 0 Å². The molecule has 21 heavy (non-hydrogen) atoms. The Hall–Kier alpha value is -1.78. The second-order valence-electron chi connectivity index (χ2n) is 5.31. The molecule has 1 aromatic heterocycles. The van der Waals surface area contributed by atoms with Gasteiger partial charge in [0.2, 0.25) is 0 Å². The number of aromatic nitrogens is 1. The van der Waals surface area contributed by atoms with Gasteiger partial charge in [0.05, 0.1) is 0 Å². The van der Waals surface area contributed by atoms with Gasteiger partial charge in [0, 0.05) is 17.5 Å². The average molecular weight is 296 g/mol. The summed E-state index contributed by atoms with van der Waals surface area (Å²) >= 11 is 1.59. The molecular formula is C17H16N2OS. The minimum Gasteiger partial charge on any atom is -0.431 e. The Kier molecular flexibility index (Phi) is 3.41. The van der Waals surface area contributed by atoms with E-state index in [0.717, 1.165) is 17.6 Å². The van der Waals surface area contributed by atoms with Crippen LogP contribution in [0.3, 0.4) is 0 Å². The van der Waals surface area contributed by atoms with Crippen LogP contribution < -0.4 is 5.32 Å². The second kappa shape index (κ2) is 5.54. The zero-order chi connectivity index (χ0) is 14.1. The zero-order valence-corrected chi connectivity index (χ0v) is 12.4. The van der Waals surface area contributed by atoms with Crippen molar-refractivity contribution in [3.8, 4) is 0 Å². The molecule has 1 aliphatic rings. The first-order valence-corrected chi connectivity index (χ1v) is 8.05. The molecule has 0 spiro atoms. The number of benzene rings is 2. The Morgan fingerprint density at radius 2 is 1.90 bits per heavy atom. The molecule has 1 aliphatic carbocycles. The second-order valence-corrected chi connectivity index (χ2v) is 6.31. The van der Waals surface area contributed by atoms with Crippen molar-refractivity contribution in [1.82, 2.24) is 10.3 Å². The van der Waals surface area contributed by atoms with Gasteiger partial charge < -0.3 is 9.73 Å². The predicted octanol–water partition coefficient (Wildman–Crippen LogP) is 4.23. The number of nitrogens with zero attached hydrogens (tertiary/aromatic N) is 1. The molecule has 0 aliphatic heterocycles. The Balaban J connectivity index is 1.57. The molecule has 0 atom stereocenters. The summed E-state index contributed by atoms with van der Waals surface area (Å²) in [5.74, 6) is 0. The molecule has 1 heterocycles. The van der Waals surface area contributed by atoms with Gasteiger partial charge in [0.1, 0.15) is 5.52 Å². The third-order valence-corrected chi connectivity index (χ3v) is 4.57. The highest BCUT2D eigenvalue weighted by molar-refractivity contribution is 7.99. The van der Waals surface area contributed by atoms with E-state index in [1.54, 1.807) is 11.8 Å². The maximum absolute atomic E-state index is 5.80. The highest BCUT2D eigenvalue weighted by Crippen LogP contribution is 2.32. The lowest BCUT2D eigenvalue weighted by atomic mass is 10.2. The minimum absolute atomic E-state index is 0.704. The highest BCUT2D eigenvalue weighted by atomic mass is 32.2. The number of hydrogen-bond acceptors (Lipinski definition) is 4. The molecule has 0 radical (unpaired) electrons. The molecule has 1 N–H and O–H groups in total. The lowest BCUT2D eigenvalue weighted by Gasteiger charge is -2.07. The van der Waals surface area contributed by atoms with Gasteiger partial charge in [-0.1, -0.05) is 30.3 Å². The number of nitrogens with one attached hydrogen (secondary N) is 1. The largest absolute Gasteiger partial charge is 0.431 e. The van der Waals surface area contributed by atoms with Crippen molar-refractivity contribution in [1.29, 1.82) is 0 Å². The van der Waals surface area contributed by atoms with Gasteiger partial charge >= 0.3 is 0 Å². The summed E-state index contributed by atoms with van der Waals surface area (Å²) in [6.45, 7) is 0.911. The van der Waals surface area contributed by atoms with E-state index in [1.165, 1.54) is 23.3 Å². The Morgan fingerprint density at radius 3 is 2.76 bits per heavy atom. The highest BCUT2D eigenvalue weighted by Gasteiger charge is 2.20. The maximum Gasteiger partial charge on any atom is 0.261 e. The van der Waals surface area contributed by atoms with Crippen LogP contribution in [-0.4, -0.2) is 11.0 Å². The molecule has 0 saturated heterocycles. The van der Waals surface area contributed by atoms with Crippen LogP contribution >= 0.6 is 11.8 Å². The Bertz CT molecular complexity index is 731. The zero-order valence-electron chi connectivity index (χ0n) is 11.6. The van der Waals surface area contributed by atoms with E-state index in [2.05, 4.69) is 34.6 Å². The standard InChI is InChI=1S/C17H16N2OS/c1-4-8-16(12(5-1)11-18-13-9-10-13)21-17-19-14-6-2-3-7-15(14)20-17/h1-8,13,18H,9-11H2. The van der Waals surface area contributed by atoms with Gasteiger partial charge in [0.15, 0.2) is 5.58 Å². The van der Waals surface area contributed by atoms with Crippen LogP contribution in [-0.2, 0) is 6.54 Å². The number of rotatable bonds is 5. The summed E-state index contributed by atoms with van der Waals surface area (Å²) in [4.78, 5) is 5.74. The fourth-order valence-electron chi connectivity index (χ4n) is 2.28. The molecule has 1 fully saturated rings. The van der Waals surface area contributed by atoms with E-state index in [4.69, 9.17) is 4.42 Å². The summed E-state index contributed by atoms with van der Waals surface area (Å²) in [6.07, 6.45) is 2.61. The van der Waals surface area contributed by atoms with E-state index in [-0.39, 0.29) is 0 Å². The molecule has 0 amide bonds. The lowest BCUT2D eigenvalue weighted by Crippen LogP contribution is -2.15. The lowest BCUT2D eigenvalue weighted by molar-refractivity contribution is 0.489. The van der Waals surface area contributed by atoms with Crippen molar-refractivity contribution in [3.05, 3.63) is 54.1 Å². The fraction of sp³-hybridized carbons (Fsp3) is 0.235. The van der Waals surface area contributed by atoms with Crippen LogP contribution in [0.4, 0.5) is 0 Å². The number of para-hydroxylation sites is 2. The van der Waals surface area contributed by atoms with Crippen LogP contribution in [0.2, 0.25) is 0 Å². The van der Waals surface area contributed by atoms with Crippen LogP contribution in [0.5, 0.6) is 0 Å². The first-order chi connectivity index (χ1) is 10.4. The quantitative estimate of drug-likeness (QED) is 0.764. The van der Waals surface area contributed by atoms with Crippen molar-refractivity contribution in [2.75, 3.05) is 0 Å². The topological polar surface area (TPSA) is 38.1 Å². The van der Waals surface area contributed by atoms with Crippen LogP contribution in [0, 0.1) is 0 Å². The monoisotopic (exact) mass is 296 g/mol. The molecule has 3 nitrogen and oxygen atoms in total. The number of fused-ring (bicyclic) bond motifs is 1. The maximum atomic E-state index is 5.80. The molecule has 4 rings (SSSR count). The third-order valence-electron chi connectivity index (χ3n) is 3.60. The normalized spacial score (nSPS) is 14.7. The molecule has 4 heteroatoms. The van der Waals surface area contributed by atoms with Gasteiger partial charge in [-0.25, -0.2) is 4.98 Å². The minimum atomic E-state index is 0.704. The van der Waals surface area contributed by atoms with Gasteiger partial charge in [0.25, 0.3) is 5.22 Å². The summed E-state index contributed by atoms with van der Waals surface area (Å²) in [5.41, 5.74) is 3.05. The molecule has 106 valence electrons. The first-order valence-electron chi connectivity index (χ1n) is 7.23. The average Bonchev–Trinajstić information content (AvgIpc) is 3.25. The fourth-order valence-corrected chi connectivity index (χ4v) is 3.16. The van der Waals surface area contributed by atoms with Crippen molar-refractivity contribution < 1.29 is 4.42 Å². The van der Waals surface area contributed by atoms with Gasteiger partial charge in [-0.3, -0.25) is 0 Å². The van der Waals surface area contributed by atoms with E-state index < -0.39 is 0 Å². The van der Waals surface area contributed by atoms with E-state index in [1.807, 2.05) is 24.3 Å². The van der Waals surface area contributed by atoms with Crippen LogP contribution in [0.25, 0.3) is 11.1 Å². The molecule has 2 aromatic carbocycles. The number of oxazole rings is 1.